The monoisotopic (exact) mass is 373 g/mol. The second-order valence-electron chi connectivity index (χ2n) is 5.68. The Balaban J connectivity index is 1.75. The summed E-state index contributed by atoms with van der Waals surface area (Å²) in [5, 5.41) is 14.6. The lowest BCUT2D eigenvalue weighted by Crippen LogP contribution is -2.22. The van der Waals surface area contributed by atoms with E-state index < -0.39 is 5.91 Å². The number of benzene rings is 2. The van der Waals surface area contributed by atoms with E-state index in [9.17, 15) is 9.59 Å². The van der Waals surface area contributed by atoms with Crippen LogP contribution in [0.1, 0.15) is 22.3 Å². The lowest BCUT2D eigenvalue weighted by Gasteiger charge is -2.11. The molecule has 4 N–H and O–H groups in total. The minimum Gasteiger partial charge on any atom is -0.493 e. The molecule has 0 radical (unpaired) electrons. The Hall–Kier alpha value is -3.10. The summed E-state index contributed by atoms with van der Waals surface area (Å²) in [6.07, 6.45) is 0.305. The Bertz CT molecular complexity index is 777. The average molecular weight is 373 g/mol. The molecule has 2 aromatic carbocycles. The SMILES string of the molecule is COc1ccc(NC(=O)CCNCc2ccc(C(=O)NO)cc2)cc1OC. The predicted octanol–water partition coefficient (Wildman–Crippen LogP) is 1.94. The summed E-state index contributed by atoms with van der Waals surface area (Å²) in [6.45, 7) is 1.06. The summed E-state index contributed by atoms with van der Waals surface area (Å²) >= 11 is 0. The number of carbonyl (C=O) groups excluding carboxylic acids is 2. The van der Waals surface area contributed by atoms with Gasteiger partial charge < -0.3 is 20.1 Å². The maximum absolute atomic E-state index is 12.0. The first-order chi connectivity index (χ1) is 13.1. The molecule has 0 fully saturated rings. The molecule has 0 atom stereocenters. The number of anilines is 1. The molecule has 8 nitrogen and oxygen atoms in total. The Morgan fingerprint density at radius 1 is 1.00 bits per heavy atom. The topological polar surface area (TPSA) is 109 Å². The number of ether oxygens (including phenoxy) is 2. The Kier molecular flexibility index (Phi) is 7.60. The fourth-order valence-electron chi connectivity index (χ4n) is 2.41. The van der Waals surface area contributed by atoms with Crippen LogP contribution < -0.4 is 25.6 Å². The van der Waals surface area contributed by atoms with Crippen molar-refractivity contribution in [2.45, 2.75) is 13.0 Å². The van der Waals surface area contributed by atoms with Crippen molar-refractivity contribution in [3.8, 4) is 11.5 Å². The van der Waals surface area contributed by atoms with Gasteiger partial charge in [-0.25, -0.2) is 5.48 Å². The molecule has 0 aliphatic rings. The molecule has 2 rings (SSSR count). The average Bonchev–Trinajstić information content (AvgIpc) is 2.71. The number of hydrogen-bond donors (Lipinski definition) is 4. The smallest absolute Gasteiger partial charge is 0.274 e. The fraction of sp³-hybridized carbons (Fsp3) is 0.263. The number of methoxy groups -OCH3 is 2. The number of carbonyl (C=O) groups is 2. The van der Waals surface area contributed by atoms with Gasteiger partial charge in [-0.05, 0) is 29.8 Å². The highest BCUT2D eigenvalue weighted by atomic mass is 16.5. The first kappa shape index (κ1) is 20.2. The molecule has 144 valence electrons. The summed E-state index contributed by atoms with van der Waals surface area (Å²) < 4.78 is 10.4. The molecule has 0 saturated carbocycles. The number of amides is 2. The third kappa shape index (κ3) is 5.98. The molecule has 2 aromatic rings. The number of hydroxylamine groups is 1. The van der Waals surface area contributed by atoms with Crippen LogP contribution in [0.3, 0.4) is 0 Å². The zero-order valence-corrected chi connectivity index (χ0v) is 15.2. The first-order valence-corrected chi connectivity index (χ1v) is 8.33. The molecule has 0 aliphatic carbocycles. The van der Waals surface area contributed by atoms with Gasteiger partial charge in [0.25, 0.3) is 5.91 Å². The third-order valence-corrected chi connectivity index (χ3v) is 3.84. The van der Waals surface area contributed by atoms with Crippen molar-refractivity contribution in [3.05, 3.63) is 53.6 Å². The highest BCUT2D eigenvalue weighted by Gasteiger charge is 2.07. The maximum atomic E-state index is 12.0. The van der Waals surface area contributed by atoms with Gasteiger partial charge in [-0.15, -0.1) is 0 Å². The molecule has 27 heavy (non-hydrogen) atoms. The van der Waals surface area contributed by atoms with Crippen molar-refractivity contribution in [1.29, 1.82) is 0 Å². The molecule has 0 aromatic heterocycles. The third-order valence-electron chi connectivity index (χ3n) is 3.84. The van der Waals surface area contributed by atoms with Gasteiger partial charge >= 0.3 is 0 Å². The van der Waals surface area contributed by atoms with Crippen molar-refractivity contribution in [1.82, 2.24) is 10.8 Å². The normalized spacial score (nSPS) is 10.2. The fourth-order valence-corrected chi connectivity index (χ4v) is 2.41. The Labute approximate surface area is 157 Å². The molecule has 2 amide bonds. The van der Waals surface area contributed by atoms with Crippen molar-refractivity contribution in [2.24, 2.45) is 0 Å². The van der Waals surface area contributed by atoms with Crippen molar-refractivity contribution in [3.63, 3.8) is 0 Å². The van der Waals surface area contributed by atoms with Gasteiger partial charge in [0, 0.05) is 36.8 Å². The molecule has 8 heteroatoms. The van der Waals surface area contributed by atoms with E-state index in [2.05, 4.69) is 10.6 Å². The van der Waals surface area contributed by atoms with Gasteiger partial charge in [0.2, 0.25) is 5.91 Å². The summed E-state index contributed by atoms with van der Waals surface area (Å²) in [5.74, 6) is 0.470. The van der Waals surface area contributed by atoms with E-state index in [4.69, 9.17) is 14.7 Å². The molecule has 0 heterocycles. The van der Waals surface area contributed by atoms with Crippen LogP contribution in [-0.2, 0) is 11.3 Å². The molecule has 0 saturated heterocycles. The summed E-state index contributed by atoms with van der Waals surface area (Å²) in [6, 6.07) is 12.0. The number of rotatable bonds is 9. The summed E-state index contributed by atoms with van der Waals surface area (Å²) in [7, 11) is 3.09. The largest absolute Gasteiger partial charge is 0.493 e. The zero-order chi connectivity index (χ0) is 19.6. The summed E-state index contributed by atoms with van der Waals surface area (Å²) in [4.78, 5) is 23.3. The zero-order valence-electron chi connectivity index (χ0n) is 15.2. The number of nitrogens with one attached hydrogen (secondary N) is 3. The van der Waals surface area contributed by atoms with E-state index in [0.717, 1.165) is 5.56 Å². The quantitative estimate of drug-likeness (QED) is 0.304. The van der Waals surface area contributed by atoms with E-state index in [0.29, 0.717) is 42.3 Å². The molecular formula is C19H23N3O5. The van der Waals surface area contributed by atoms with Gasteiger partial charge in [-0.1, -0.05) is 12.1 Å². The van der Waals surface area contributed by atoms with Crippen LogP contribution in [0.4, 0.5) is 5.69 Å². The van der Waals surface area contributed by atoms with Crippen LogP contribution in [0.2, 0.25) is 0 Å². The highest BCUT2D eigenvalue weighted by Crippen LogP contribution is 2.29. The van der Waals surface area contributed by atoms with Crippen LogP contribution in [0.15, 0.2) is 42.5 Å². The minimum atomic E-state index is -0.554. The van der Waals surface area contributed by atoms with E-state index >= 15 is 0 Å². The second-order valence-corrected chi connectivity index (χ2v) is 5.68. The van der Waals surface area contributed by atoms with E-state index in [1.807, 2.05) is 0 Å². The van der Waals surface area contributed by atoms with E-state index in [1.54, 1.807) is 55.1 Å². The van der Waals surface area contributed by atoms with Crippen molar-refractivity contribution < 1.29 is 24.3 Å². The molecule has 0 unspecified atom stereocenters. The molecule has 0 bridgehead atoms. The van der Waals surface area contributed by atoms with Gasteiger partial charge in [-0.3, -0.25) is 14.8 Å². The van der Waals surface area contributed by atoms with Crippen LogP contribution in [0.5, 0.6) is 11.5 Å². The molecular weight excluding hydrogens is 350 g/mol. The molecule has 0 aliphatic heterocycles. The minimum absolute atomic E-state index is 0.121. The van der Waals surface area contributed by atoms with Crippen molar-refractivity contribution >= 4 is 17.5 Å². The van der Waals surface area contributed by atoms with Crippen LogP contribution in [0.25, 0.3) is 0 Å². The van der Waals surface area contributed by atoms with Gasteiger partial charge in [0.05, 0.1) is 14.2 Å². The first-order valence-electron chi connectivity index (χ1n) is 8.33. The number of hydrogen-bond acceptors (Lipinski definition) is 6. The van der Waals surface area contributed by atoms with Crippen molar-refractivity contribution in [2.75, 3.05) is 26.1 Å². The Morgan fingerprint density at radius 2 is 1.70 bits per heavy atom. The lowest BCUT2D eigenvalue weighted by molar-refractivity contribution is -0.116. The summed E-state index contributed by atoms with van der Waals surface area (Å²) in [5.41, 5.74) is 3.55. The van der Waals surface area contributed by atoms with Crippen LogP contribution in [-0.4, -0.2) is 37.8 Å². The second kappa shape index (κ2) is 10.1. The standard InChI is InChI=1S/C19H23N3O5/c1-26-16-8-7-15(11-17(16)27-2)21-18(23)9-10-20-12-13-3-5-14(6-4-13)19(24)22-25/h3-8,11,20,25H,9-10,12H2,1-2H3,(H,21,23)(H,22,24). The maximum Gasteiger partial charge on any atom is 0.274 e. The lowest BCUT2D eigenvalue weighted by atomic mass is 10.1. The van der Waals surface area contributed by atoms with Gasteiger partial charge in [-0.2, -0.15) is 0 Å². The molecule has 0 spiro atoms. The van der Waals surface area contributed by atoms with Crippen LogP contribution >= 0.6 is 0 Å². The predicted molar refractivity (Wildman–Crippen MR) is 100 cm³/mol. The highest BCUT2D eigenvalue weighted by molar-refractivity contribution is 5.93. The van der Waals surface area contributed by atoms with Gasteiger partial charge in [0.15, 0.2) is 11.5 Å². The van der Waals surface area contributed by atoms with Crippen LogP contribution in [0, 0.1) is 0 Å². The Morgan fingerprint density at radius 3 is 2.33 bits per heavy atom. The van der Waals surface area contributed by atoms with E-state index in [1.165, 1.54) is 7.11 Å². The van der Waals surface area contributed by atoms with Gasteiger partial charge in [0.1, 0.15) is 0 Å². The van der Waals surface area contributed by atoms with E-state index in [-0.39, 0.29) is 5.91 Å².